The fraction of sp³-hybridized carbons (Fsp3) is 0.464. The molecule has 1 saturated heterocycles. The van der Waals surface area contributed by atoms with Crippen molar-refractivity contribution in [2.24, 2.45) is 5.92 Å². The number of carbonyl (C=O) groups excluding carboxylic acids is 3. The number of rotatable bonds is 10. The van der Waals surface area contributed by atoms with E-state index in [1.807, 2.05) is 26.0 Å². The van der Waals surface area contributed by atoms with Crippen LogP contribution < -0.4 is 20.4 Å². The van der Waals surface area contributed by atoms with Gasteiger partial charge in [-0.3, -0.25) is 14.5 Å². The summed E-state index contributed by atoms with van der Waals surface area (Å²) in [7, 11) is 1.60. The number of fused-ring (bicyclic) bond motifs is 1. The van der Waals surface area contributed by atoms with E-state index in [-0.39, 0.29) is 23.6 Å². The fourth-order valence-corrected chi connectivity index (χ4v) is 4.48. The molecule has 2 aliphatic rings. The second-order valence-corrected chi connectivity index (χ2v) is 9.35. The molecule has 0 radical (unpaired) electrons. The highest BCUT2D eigenvalue weighted by molar-refractivity contribution is 6.01. The monoisotopic (exact) mass is 520 g/mol. The van der Waals surface area contributed by atoms with Crippen molar-refractivity contribution in [1.82, 2.24) is 15.6 Å². The zero-order chi connectivity index (χ0) is 27.7. The molecule has 3 amide bonds. The lowest BCUT2D eigenvalue weighted by molar-refractivity contribution is -0.119. The van der Waals surface area contributed by atoms with Crippen LogP contribution >= 0.6 is 0 Å². The van der Waals surface area contributed by atoms with Gasteiger partial charge in [-0.15, -0.1) is 0 Å². The maximum atomic E-state index is 13.3. The van der Waals surface area contributed by atoms with Crippen molar-refractivity contribution in [3.05, 3.63) is 52.5 Å². The maximum absolute atomic E-state index is 13.3. The van der Waals surface area contributed by atoms with Gasteiger partial charge in [-0.25, -0.2) is 9.78 Å². The van der Waals surface area contributed by atoms with E-state index in [0.717, 1.165) is 24.8 Å². The SMILES string of the molecule is CC/C=C/C(C#N)=C(\C=C(/C)NC(=O)N1CCCc2cc(N3CCC(C)C3=O)c(C=O)nc21)NCCOC. The van der Waals surface area contributed by atoms with Crippen molar-refractivity contribution in [3.8, 4) is 6.07 Å². The van der Waals surface area contributed by atoms with Crippen LogP contribution in [0.3, 0.4) is 0 Å². The number of allylic oxidation sites excluding steroid dienone is 5. The number of carbonyl (C=O) groups is 3. The van der Waals surface area contributed by atoms with Gasteiger partial charge in [0.1, 0.15) is 17.6 Å². The number of amides is 3. The molecule has 0 aromatic carbocycles. The van der Waals surface area contributed by atoms with E-state index >= 15 is 0 Å². The van der Waals surface area contributed by atoms with E-state index in [9.17, 15) is 19.6 Å². The first-order chi connectivity index (χ1) is 18.3. The molecule has 1 unspecified atom stereocenters. The highest BCUT2D eigenvalue weighted by Gasteiger charge is 2.33. The van der Waals surface area contributed by atoms with Crippen LogP contribution in [0.2, 0.25) is 0 Å². The fourth-order valence-electron chi connectivity index (χ4n) is 4.48. The normalized spacial score (nSPS) is 18.2. The van der Waals surface area contributed by atoms with Crippen LogP contribution in [0.5, 0.6) is 0 Å². The smallest absolute Gasteiger partial charge is 0.327 e. The molecule has 0 spiro atoms. The van der Waals surface area contributed by atoms with Crippen LogP contribution in [-0.2, 0) is 16.0 Å². The number of hydrogen-bond donors (Lipinski definition) is 2. The highest BCUT2D eigenvalue weighted by Crippen LogP contribution is 2.33. The zero-order valence-electron chi connectivity index (χ0n) is 22.5. The van der Waals surface area contributed by atoms with Crippen LogP contribution in [0.4, 0.5) is 16.3 Å². The molecule has 0 aliphatic carbocycles. The lowest BCUT2D eigenvalue weighted by atomic mass is 10.0. The zero-order valence-corrected chi connectivity index (χ0v) is 22.5. The molecule has 1 aromatic rings. The molecule has 3 rings (SSSR count). The lowest BCUT2D eigenvalue weighted by Gasteiger charge is -2.30. The Kier molecular flexibility index (Phi) is 10.2. The molecule has 38 heavy (non-hydrogen) atoms. The van der Waals surface area contributed by atoms with Crippen molar-refractivity contribution in [1.29, 1.82) is 5.26 Å². The number of anilines is 2. The van der Waals surface area contributed by atoms with Crippen LogP contribution in [0.1, 0.15) is 56.1 Å². The Bertz CT molecular complexity index is 1200. The summed E-state index contributed by atoms with van der Waals surface area (Å²) < 4.78 is 5.10. The number of hydrogen-bond acceptors (Lipinski definition) is 7. The molecule has 10 heteroatoms. The molecule has 202 valence electrons. The summed E-state index contributed by atoms with van der Waals surface area (Å²) >= 11 is 0. The summed E-state index contributed by atoms with van der Waals surface area (Å²) in [6, 6.07) is 3.63. The molecular weight excluding hydrogens is 484 g/mol. The maximum Gasteiger partial charge on any atom is 0.327 e. The van der Waals surface area contributed by atoms with E-state index in [0.29, 0.717) is 67.4 Å². The highest BCUT2D eigenvalue weighted by atomic mass is 16.5. The van der Waals surface area contributed by atoms with E-state index in [1.165, 1.54) is 4.90 Å². The number of ether oxygens (including phenoxy) is 1. The minimum atomic E-state index is -0.387. The summed E-state index contributed by atoms with van der Waals surface area (Å²) in [6.45, 7) is 7.54. The van der Waals surface area contributed by atoms with E-state index < -0.39 is 0 Å². The number of aryl methyl sites for hydroxylation is 1. The summed E-state index contributed by atoms with van der Waals surface area (Å²) in [4.78, 5) is 45.5. The second kappa shape index (κ2) is 13.5. The molecule has 2 aliphatic heterocycles. The summed E-state index contributed by atoms with van der Waals surface area (Å²) in [5.74, 6) is 0.309. The van der Waals surface area contributed by atoms with Crippen LogP contribution in [0.25, 0.3) is 0 Å². The van der Waals surface area contributed by atoms with Crippen molar-refractivity contribution in [3.63, 3.8) is 0 Å². The molecule has 1 atom stereocenters. The number of nitriles is 1. The van der Waals surface area contributed by atoms with Crippen molar-refractivity contribution in [2.45, 2.75) is 46.5 Å². The van der Waals surface area contributed by atoms with Gasteiger partial charge in [0.25, 0.3) is 0 Å². The number of pyridine rings is 1. The summed E-state index contributed by atoms with van der Waals surface area (Å²) in [5.41, 5.74) is 3.01. The second-order valence-electron chi connectivity index (χ2n) is 9.35. The van der Waals surface area contributed by atoms with Crippen molar-refractivity contribution < 1.29 is 19.1 Å². The lowest BCUT2D eigenvalue weighted by Crippen LogP contribution is -2.43. The van der Waals surface area contributed by atoms with Gasteiger partial charge in [0.15, 0.2) is 6.29 Å². The number of urea groups is 1. The van der Waals surface area contributed by atoms with Gasteiger partial charge in [0.05, 0.1) is 23.6 Å². The first-order valence-corrected chi connectivity index (χ1v) is 13.0. The topological polar surface area (TPSA) is 128 Å². The number of methoxy groups -OCH3 is 1. The number of nitrogens with one attached hydrogen (secondary N) is 2. The Morgan fingerprint density at radius 2 is 2.16 bits per heavy atom. The third kappa shape index (κ3) is 6.66. The number of aldehydes is 1. The Labute approximate surface area is 224 Å². The standard InChI is InChI=1S/C28H36N6O4/c1-5-6-8-22(17-29)23(30-11-14-38-4)15-20(3)31-28(37)34-12-7-9-21-16-25(24(18-35)32-26(21)34)33-13-10-19(2)27(33)36/h6,8,15-16,18-19,30H,5,7,9-14H2,1-4H3,(H,31,37)/b8-6+,20-15+,23-22-. The van der Waals surface area contributed by atoms with Crippen LogP contribution in [-0.4, -0.2) is 56.6 Å². The molecule has 10 nitrogen and oxygen atoms in total. The third-order valence-electron chi connectivity index (χ3n) is 6.51. The van der Waals surface area contributed by atoms with E-state index in [2.05, 4.69) is 21.7 Å². The number of nitrogens with zero attached hydrogens (tertiary/aromatic N) is 4. The number of aromatic nitrogens is 1. The first-order valence-electron chi connectivity index (χ1n) is 13.0. The minimum Gasteiger partial charge on any atom is -0.383 e. The predicted octanol–water partition coefficient (Wildman–Crippen LogP) is 3.61. The predicted molar refractivity (Wildman–Crippen MR) is 146 cm³/mol. The van der Waals surface area contributed by atoms with Crippen LogP contribution in [0.15, 0.2) is 41.3 Å². The minimum absolute atomic E-state index is 0.0190. The third-order valence-corrected chi connectivity index (χ3v) is 6.51. The van der Waals surface area contributed by atoms with E-state index in [4.69, 9.17) is 4.74 Å². The Morgan fingerprint density at radius 3 is 2.79 bits per heavy atom. The quantitative estimate of drug-likeness (QED) is 0.209. The van der Waals surface area contributed by atoms with Crippen molar-refractivity contribution >= 4 is 29.7 Å². The van der Waals surface area contributed by atoms with Gasteiger partial charge in [0, 0.05) is 38.4 Å². The molecule has 2 N–H and O–H groups in total. The Hall–Kier alpha value is -3.97. The molecule has 1 fully saturated rings. The Balaban J connectivity index is 1.87. The van der Waals surface area contributed by atoms with Gasteiger partial charge < -0.3 is 20.3 Å². The summed E-state index contributed by atoms with van der Waals surface area (Å²) in [6.07, 6.45) is 8.91. The first kappa shape index (κ1) is 28.6. The average molecular weight is 521 g/mol. The molecular formula is C28H36N6O4. The van der Waals surface area contributed by atoms with Gasteiger partial charge in [-0.05, 0) is 56.4 Å². The van der Waals surface area contributed by atoms with Gasteiger partial charge in [-0.1, -0.05) is 19.9 Å². The summed E-state index contributed by atoms with van der Waals surface area (Å²) in [5, 5.41) is 15.7. The largest absolute Gasteiger partial charge is 0.383 e. The molecule has 1 aromatic heterocycles. The van der Waals surface area contributed by atoms with Crippen molar-refractivity contribution in [2.75, 3.05) is 43.2 Å². The van der Waals surface area contributed by atoms with E-state index in [1.54, 1.807) is 31.1 Å². The van der Waals surface area contributed by atoms with Gasteiger partial charge >= 0.3 is 6.03 Å². The van der Waals surface area contributed by atoms with Gasteiger partial charge in [0.2, 0.25) is 5.91 Å². The Morgan fingerprint density at radius 1 is 1.37 bits per heavy atom. The average Bonchev–Trinajstić information content (AvgIpc) is 3.25. The van der Waals surface area contributed by atoms with Gasteiger partial charge in [-0.2, -0.15) is 5.26 Å². The molecule has 0 saturated carbocycles. The molecule has 3 heterocycles. The molecule has 0 bridgehead atoms. The van der Waals surface area contributed by atoms with Crippen LogP contribution in [0, 0.1) is 17.2 Å².